The van der Waals surface area contributed by atoms with Gasteiger partial charge in [0, 0.05) is 32.2 Å². The third kappa shape index (κ3) is 3.14. The number of nitrogens with zero attached hydrogens (tertiary/aromatic N) is 3. The predicted octanol–water partition coefficient (Wildman–Crippen LogP) is -0.409. The van der Waals surface area contributed by atoms with E-state index >= 15 is 0 Å². The van der Waals surface area contributed by atoms with Gasteiger partial charge in [0.25, 0.3) is 0 Å². The van der Waals surface area contributed by atoms with Crippen molar-refractivity contribution < 1.29 is 17.9 Å². The van der Waals surface area contributed by atoms with E-state index in [0.29, 0.717) is 45.8 Å². The fourth-order valence-electron chi connectivity index (χ4n) is 4.38. The number of sulfonamides is 1. The van der Waals surface area contributed by atoms with E-state index in [-0.39, 0.29) is 11.9 Å². The summed E-state index contributed by atoms with van der Waals surface area (Å²) in [6, 6.07) is 0.129. The highest BCUT2D eigenvalue weighted by Gasteiger charge is 2.54. The van der Waals surface area contributed by atoms with Gasteiger partial charge in [0.1, 0.15) is 0 Å². The molecule has 1 amide bonds. The summed E-state index contributed by atoms with van der Waals surface area (Å²) in [6.45, 7) is 4.33. The molecule has 3 heterocycles. The van der Waals surface area contributed by atoms with Gasteiger partial charge in [-0.05, 0) is 32.9 Å². The first-order valence-electron chi connectivity index (χ1n) is 8.37. The molecule has 0 unspecified atom stereocenters. The molecule has 2 atom stereocenters. The van der Waals surface area contributed by atoms with E-state index in [9.17, 15) is 13.2 Å². The summed E-state index contributed by atoms with van der Waals surface area (Å²) in [5, 5.41) is 0. The normalized spacial score (nSPS) is 34.2. The number of hydrogen-bond acceptors (Lipinski definition) is 5. The zero-order valence-corrected chi connectivity index (χ0v) is 14.8. The van der Waals surface area contributed by atoms with Crippen molar-refractivity contribution in [2.45, 2.75) is 25.3 Å². The molecule has 0 spiro atoms. The molecule has 8 heteroatoms. The highest BCUT2D eigenvalue weighted by molar-refractivity contribution is 7.88. The highest BCUT2D eigenvalue weighted by atomic mass is 32.2. The van der Waals surface area contributed by atoms with Crippen LogP contribution in [-0.4, -0.2) is 93.7 Å². The summed E-state index contributed by atoms with van der Waals surface area (Å²) in [5.74, 6) is 0.200. The zero-order valence-electron chi connectivity index (χ0n) is 14.0. The molecule has 7 nitrogen and oxygen atoms in total. The van der Waals surface area contributed by atoms with Crippen LogP contribution in [0.15, 0.2) is 0 Å². The Morgan fingerprint density at radius 3 is 2.39 bits per heavy atom. The maximum atomic E-state index is 13.3. The number of likely N-dealkylation sites (tertiary alicyclic amines) is 1. The van der Waals surface area contributed by atoms with Crippen LogP contribution < -0.4 is 0 Å². The molecule has 132 valence electrons. The fourth-order valence-corrected chi connectivity index (χ4v) is 5.24. The van der Waals surface area contributed by atoms with E-state index in [1.807, 2.05) is 4.90 Å². The van der Waals surface area contributed by atoms with Crippen LogP contribution >= 0.6 is 0 Å². The molecule has 3 fully saturated rings. The van der Waals surface area contributed by atoms with Crippen molar-refractivity contribution in [3.8, 4) is 0 Å². The Morgan fingerprint density at radius 2 is 1.74 bits per heavy atom. The van der Waals surface area contributed by atoms with Crippen LogP contribution in [0, 0.1) is 5.41 Å². The Morgan fingerprint density at radius 1 is 1.09 bits per heavy atom. The predicted molar refractivity (Wildman–Crippen MR) is 86.5 cm³/mol. The Labute approximate surface area is 138 Å². The quantitative estimate of drug-likeness (QED) is 0.681. The number of carbonyl (C=O) groups is 1. The van der Waals surface area contributed by atoms with Crippen molar-refractivity contribution in [1.82, 2.24) is 14.1 Å². The summed E-state index contributed by atoms with van der Waals surface area (Å²) in [7, 11) is -1.15. The molecule has 0 saturated carbocycles. The molecular formula is C15H27N3O4S. The van der Waals surface area contributed by atoms with Gasteiger partial charge in [0.15, 0.2) is 0 Å². The van der Waals surface area contributed by atoms with Gasteiger partial charge in [0.05, 0.1) is 24.9 Å². The summed E-state index contributed by atoms with van der Waals surface area (Å²) in [6.07, 6.45) is 3.42. The Hall–Kier alpha value is -0.700. The molecule has 3 aliphatic heterocycles. The summed E-state index contributed by atoms with van der Waals surface area (Å²) in [4.78, 5) is 17.4. The summed E-state index contributed by atoms with van der Waals surface area (Å²) in [5.41, 5.74) is -0.439. The minimum Gasteiger partial charge on any atom is -0.378 e. The van der Waals surface area contributed by atoms with Gasteiger partial charge in [0.2, 0.25) is 15.9 Å². The molecule has 0 aromatic carbocycles. The SMILES string of the molecule is CN1CC[C@@]2(C(=O)N3CCOCC3)CCN(S(C)(=O)=O)CC[C@@H]12. The van der Waals surface area contributed by atoms with E-state index in [4.69, 9.17) is 4.74 Å². The Bertz CT molecular complexity index is 561. The fraction of sp³-hybridized carbons (Fsp3) is 0.933. The first-order chi connectivity index (χ1) is 10.8. The molecule has 0 aromatic heterocycles. The van der Waals surface area contributed by atoms with Gasteiger partial charge in [-0.1, -0.05) is 0 Å². The standard InChI is InChI=1S/C15H27N3O4S/c1-16-7-4-15(14(19)17-9-11-22-12-10-17)5-8-18(23(2,20)21)6-3-13(15)16/h13H,3-12H2,1-2H3/t13-,15-/m1/s1. The molecule has 0 bridgehead atoms. The summed E-state index contributed by atoms with van der Waals surface area (Å²) < 4.78 is 30.7. The largest absolute Gasteiger partial charge is 0.378 e. The molecule has 3 rings (SSSR count). The van der Waals surface area contributed by atoms with Crippen LogP contribution in [0.3, 0.4) is 0 Å². The lowest BCUT2D eigenvalue weighted by Crippen LogP contribution is -2.53. The number of amides is 1. The molecular weight excluding hydrogens is 318 g/mol. The first kappa shape index (κ1) is 17.1. The minimum absolute atomic E-state index is 0.129. The highest BCUT2D eigenvalue weighted by Crippen LogP contribution is 2.44. The van der Waals surface area contributed by atoms with Gasteiger partial charge >= 0.3 is 0 Å². The van der Waals surface area contributed by atoms with Crippen molar-refractivity contribution in [2.24, 2.45) is 5.41 Å². The number of carbonyl (C=O) groups excluding carboxylic acids is 1. The number of rotatable bonds is 2. The van der Waals surface area contributed by atoms with Crippen LogP contribution in [-0.2, 0) is 19.6 Å². The Kier molecular flexibility index (Phi) is 4.70. The smallest absolute Gasteiger partial charge is 0.230 e. The molecule has 0 aromatic rings. The zero-order chi connectivity index (χ0) is 16.7. The van der Waals surface area contributed by atoms with Gasteiger partial charge in [-0.25, -0.2) is 12.7 Å². The van der Waals surface area contributed by atoms with E-state index in [1.165, 1.54) is 10.6 Å². The third-order valence-electron chi connectivity index (χ3n) is 5.73. The average Bonchev–Trinajstić information content (AvgIpc) is 2.72. The van der Waals surface area contributed by atoms with Crippen LogP contribution in [0.2, 0.25) is 0 Å². The second-order valence-electron chi connectivity index (χ2n) is 7.01. The van der Waals surface area contributed by atoms with Gasteiger partial charge in [-0.15, -0.1) is 0 Å². The molecule has 23 heavy (non-hydrogen) atoms. The second kappa shape index (κ2) is 6.31. The average molecular weight is 345 g/mol. The lowest BCUT2D eigenvalue weighted by Gasteiger charge is -2.39. The van der Waals surface area contributed by atoms with E-state index in [2.05, 4.69) is 11.9 Å². The van der Waals surface area contributed by atoms with Crippen molar-refractivity contribution >= 4 is 15.9 Å². The van der Waals surface area contributed by atoms with Crippen molar-refractivity contribution in [2.75, 3.05) is 59.2 Å². The van der Waals surface area contributed by atoms with Gasteiger partial charge in [-0.3, -0.25) is 4.79 Å². The molecule has 0 radical (unpaired) electrons. The molecule has 3 aliphatic rings. The summed E-state index contributed by atoms with van der Waals surface area (Å²) >= 11 is 0. The van der Waals surface area contributed by atoms with Crippen molar-refractivity contribution in [1.29, 1.82) is 0 Å². The number of ether oxygens (including phenoxy) is 1. The number of fused-ring (bicyclic) bond motifs is 1. The molecule has 0 N–H and O–H groups in total. The van der Waals surface area contributed by atoms with Crippen LogP contribution in [0.25, 0.3) is 0 Å². The number of morpholine rings is 1. The molecule has 3 saturated heterocycles. The maximum absolute atomic E-state index is 13.3. The second-order valence-corrected chi connectivity index (χ2v) is 8.99. The monoisotopic (exact) mass is 345 g/mol. The minimum atomic E-state index is -3.21. The van der Waals surface area contributed by atoms with Gasteiger partial charge in [-0.2, -0.15) is 0 Å². The number of hydrogen-bond donors (Lipinski definition) is 0. The van der Waals surface area contributed by atoms with E-state index in [1.54, 1.807) is 0 Å². The maximum Gasteiger partial charge on any atom is 0.230 e. The van der Waals surface area contributed by atoms with E-state index in [0.717, 1.165) is 19.4 Å². The van der Waals surface area contributed by atoms with Crippen molar-refractivity contribution in [3.05, 3.63) is 0 Å². The lowest BCUT2D eigenvalue weighted by molar-refractivity contribution is -0.148. The van der Waals surface area contributed by atoms with Crippen molar-refractivity contribution in [3.63, 3.8) is 0 Å². The van der Waals surface area contributed by atoms with Crippen LogP contribution in [0.5, 0.6) is 0 Å². The lowest BCUT2D eigenvalue weighted by atomic mass is 9.75. The van der Waals surface area contributed by atoms with Crippen LogP contribution in [0.4, 0.5) is 0 Å². The van der Waals surface area contributed by atoms with Gasteiger partial charge < -0.3 is 14.5 Å². The van der Waals surface area contributed by atoms with E-state index < -0.39 is 15.4 Å². The first-order valence-corrected chi connectivity index (χ1v) is 10.2. The third-order valence-corrected chi connectivity index (χ3v) is 7.04. The Balaban J connectivity index is 1.85. The molecule has 0 aliphatic carbocycles. The van der Waals surface area contributed by atoms with Crippen LogP contribution in [0.1, 0.15) is 19.3 Å². The topological polar surface area (TPSA) is 70.2 Å².